The maximum atomic E-state index is 13.5. The monoisotopic (exact) mass is 451 g/mol. The highest BCUT2D eigenvalue weighted by Gasteiger charge is 2.26. The fourth-order valence-corrected chi connectivity index (χ4v) is 4.63. The third kappa shape index (κ3) is 3.37. The Morgan fingerprint density at radius 3 is 2.53 bits per heavy atom. The molecule has 5 heteroatoms. The number of hydrogen-bond donors (Lipinski definition) is 1. The SMILES string of the molecule is Cc1ccc2c(c1)-c1ncc(-c3c(C(O)c4ccc(F)cc4)oc4ccc(C)cc34)cc1CO2. The lowest BCUT2D eigenvalue weighted by molar-refractivity contribution is 0.193. The number of rotatable bonds is 3. The molecule has 0 fully saturated rings. The van der Waals surface area contributed by atoms with Crippen LogP contribution in [-0.2, 0) is 6.61 Å². The highest BCUT2D eigenvalue weighted by Crippen LogP contribution is 2.43. The van der Waals surface area contributed by atoms with Crippen LogP contribution < -0.4 is 4.74 Å². The molecule has 1 aliphatic rings. The van der Waals surface area contributed by atoms with Crippen LogP contribution in [0.25, 0.3) is 33.4 Å². The first-order valence-corrected chi connectivity index (χ1v) is 11.2. The van der Waals surface area contributed by atoms with Crippen LogP contribution in [0.3, 0.4) is 0 Å². The number of nitrogens with zero attached hydrogens (tertiary/aromatic N) is 1. The van der Waals surface area contributed by atoms with Crippen molar-refractivity contribution in [3.63, 3.8) is 0 Å². The minimum Gasteiger partial charge on any atom is -0.488 e. The van der Waals surface area contributed by atoms with Gasteiger partial charge in [0, 0.05) is 33.8 Å². The van der Waals surface area contributed by atoms with Gasteiger partial charge in [0.05, 0.1) is 5.69 Å². The van der Waals surface area contributed by atoms with Gasteiger partial charge < -0.3 is 14.3 Å². The zero-order valence-corrected chi connectivity index (χ0v) is 18.8. The van der Waals surface area contributed by atoms with Crippen LogP contribution >= 0.6 is 0 Å². The fourth-order valence-electron chi connectivity index (χ4n) is 4.63. The summed E-state index contributed by atoms with van der Waals surface area (Å²) in [6.07, 6.45) is 0.767. The lowest BCUT2D eigenvalue weighted by Crippen LogP contribution is -2.08. The van der Waals surface area contributed by atoms with Gasteiger partial charge in [-0.15, -0.1) is 0 Å². The molecule has 2 aromatic heterocycles. The molecular weight excluding hydrogens is 429 g/mol. The van der Waals surface area contributed by atoms with Gasteiger partial charge in [0.15, 0.2) is 0 Å². The zero-order chi connectivity index (χ0) is 23.4. The van der Waals surface area contributed by atoms with Crippen molar-refractivity contribution in [2.24, 2.45) is 0 Å². The fraction of sp³-hybridized carbons (Fsp3) is 0.138. The first-order valence-electron chi connectivity index (χ1n) is 11.2. The number of aliphatic hydroxyl groups is 1. The normalized spacial score (nSPS) is 13.3. The number of aryl methyl sites for hydroxylation is 2. The first kappa shape index (κ1) is 20.6. The average Bonchev–Trinajstić information content (AvgIpc) is 3.22. The van der Waals surface area contributed by atoms with E-state index in [9.17, 15) is 9.50 Å². The summed E-state index contributed by atoms with van der Waals surface area (Å²) >= 11 is 0. The van der Waals surface area contributed by atoms with Crippen molar-refractivity contribution >= 4 is 11.0 Å². The van der Waals surface area contributed by atoms with Crippen molar-refractivity contribution in [1.29, 1.82) is 0 Å². The van der Waals surface area contributed by atoms with Crippen molar-refractivity contribution in [2.45, 2.75) is 26.6 Å². The lowest BCUT2D eigenvalue weighted by atomic mass is 9.94. The number of fused-ring (bicyclic) bond motifs is 4. The number of furan rings is 1. The molecule has 0 bridgehead atoms. The third-order valence-corrected chi connectivity index (χ3v) is 6.33. The second kappa shape index (κ2) is 7.82. The van der Waals surface area contributed by atoms with Crippen molar-refractivity contribution in [2.75, 3.05) is 0 Å². The maximum absolute atomic E-state index is 13.5. The van der Waals surface area contributed by atoms with Gasteiger partial charge in [-0.05, 0) is 61.9 Å². The largest absolute Gasteiger partial charge is 0.488 e. The number of halogens is 1. The van der Waals surface area contributed by atoms with E-state index in [-0.39, 0.29) is 5.82 Å². The number of ether oxygens (including phenoxy) is 1. The summed E-state index contributed by atoms with van der Waals surface area (Å²) < 4.78 is 25.6. The molecule has 5 aromatic rings. The van der Waals surface area contributed by atoms with Crippen LogP contribution in [0.15, 0.2) is 77.3 Å². The Labute approximate surface area is 196 Å². The summed E-state index contributed by atoms with van der Waals surface area (Å²) in [5.41, 5.74) is 7.91. The molecule has 1 N–H and O–H groups in total. The molecule has 0 aliphatic carbocycles. The summed E-state index contributed by atoms with van der Waals surface area (Å²) in [5, 5.41) is 12.1. The van der Waals surface area contributed by atoms with Gasteiger partial charge >= 0.3 is 0 Å². The van der Waals surface area contributed by atoms with E-state index in [1.165, 1.54) is 12.1 Å². The van der Waals surface area contributed by atoms with Crippen molar-refractivity contribution in [1.82, 2.24) is 4.98 Å². The number of pyridine rings is 1. The molecule has 4 nitrogen and oxygen atoms in total. The van der Waals surface area contributed by atoms with E-state index >= 15 is 0 Å². The number of hydrogen-bond acceptors (Lipinski definition) is 4. The highest BCUT2D eigenvalue weighted by atomic mass is 19.1. The van der Waals surface area contributed by atoms with E-state index in [1.54, 1.807) is 12.1 Å². The molecule has 1 atom stereocenters. The van der Waals surface area contributed by atoms with Crippen LogP contribution in [0.1, 0.15) is 34.1 Å². The van der Waals surface area contributed by atoms with E-state index in [4.69, 9.17) is 14.1 Å². The molecule has 1 unspecified atom stereocenters. The highest BCUT2D eigenvalue weighted by molar-refractivity contribution is 5.97. The molecule has 34 heavy (non-hydrogen) atoms. The molecule has 1 aliphatic heterocycles. The van der Waals surface area contributed by atoms with Crippen LogP contribution in [0.4, 0.5) is 4.39 Å². The minimum atomic E-state index is -1.06. The zero-order valence-electron chi connectivity index (χ0n) is 18.8. The third-order valence-electron chi connectivity index (χ3n) is 6.33. The molecule has 168 valence electrons. The Bertz CT molecular complexity index is 1550. The summed E-state index contributed by atoms with van der Waals surface area (Å²) in [7, 11) is 0. The molecule has 0 radical (unpaired) electrons. The Morgan fingerprint density at radius 1 is 0.941 bits per heavy atom. The summed E-state index contributed by atoms with van der Waals surface area (Å²) in [6.45, 7) is 4.48. The van der Waals surface area contributed by atoms with Gasteiger partial charge in [0.25, 0.3) is 0 Å². The van der Waals surface area contributed by atoms with Gasteiger partial charge in [-0.3, -0.25) is 4.98 Å². The predicted octanol–water partition coefficient (Wildman–Crippen LogP) is 6.89. The summed E-state index contributed by atoms with van der Waals surface area (Å²) in [6, 6.07) is 19.9. The van der Waals surface area contributed by atoms with Gasteiger partial charge in [0.1, 0.15) is 35.6 Å². The topological polar surface area (TPSA) is 55.5 Å². The maximum Gasteiger partial charge on any atom is 0.146 e. The van der Waals surface area contributed by atoms with E-state index in [0.29, 0.717) is 23.5 Å². The summed E-state index contributed by atoms with van der Waals surface area (Å²) in [5.74, 6) is 0.878. The van der Waals surface area contributed by atoms with E-state index in [0.717, 1.165) is 50.2 Å². The Morgan fingerprint density at radius 2 is 1.71 bits per heavy atom. The average molecular weight is 451 g/mol. The second-order valence-electron chi connectivity index (χ2n) is 8.82. The summed E-state index contributed by atoms with van der Waals surface area (Å²) in [4.78, 5) is 4.82. The molecule has 3 heterocycles. The van der Waals surface area contributed by atoms with E-state index < -0.39 is 6.10 Å². The number of aliphatic hydroxyl groups excluding tert-OH is 1. The standard InChI is InChI=1S/C29H22FNO3/c1-16-4-10-25-22(11-16)26(29(34-25)28(32)18-5-7-21(30)8-6-18)19-13-20-15-33-24-9-3-17(2)12-23(24)27(20)31-14-19/h3-14,28,32H,15H2,1-2H3. The smallest absolute Gasteiger partial charge is 0.146 e. The van der Waals surface area contributed by atoms with Gasteiger partial charge in [-0.1, -0.05) is 35.4 Å². The van der Waals surface area contributed by atoms with Gasteiger partial charge in [-0.25, -0.2) is 4.39 Å². The van der Waals surface area contributed by atoms with Gasteiger partial charge in [0.2, 0.25) is 0 Å². The van der Waals surface area contributed by atoms with Gasteiger partial charge in [-0.2, -0.15) is 0 Å². The molecule has 6 rings (SSSR count). The second-order valence-corrected chi connectivity index (χ2v) is 8.82. The van der Waals surface area contributed by atoms with Crippen molar-refractivity contribution in [3.05, 3.63) is 107 Å². The first-order chi connectivity index (χ1) is 16.5. The molecular formula is C29H22FNO3. The lowest BCUT2D eigenvalue weighted by Gasteiger charge is -2.21. The molecule has 0 amide bonds. The Kier molecular flexibility index (Phi) is 4.74. The molecule has 0 saturated heterocycles. The number of benzene rings is 3. The minimum absolute atomic E-state index is 0.356. The quantitative estimate of drug-likeness (QED) is 0.324. The van der Waals surface area contributed by atoms with Crippen LogP contribution in [0.2, 0.25) is 0 Å². The van der Waals surface area contributed by atoms with Crippen LogP contribution in [-0.4, -0.2) is 10.1 Å². The van der Waals surface area contributed by atoms with Crippen LogP contribution in [0.5, 0.6) is 5.75 Å². The Balaban J connectivity index is 1.54. The molecule has 0 spiro atoms. The predicted molar refractivity (Wildman–Crippen MR) is 129 cm³/mol. The van der Waals surface area contributed by atoms with Crippen LogP contribution in [0, 0.1) is 19.7 Å². The van der Waals surface area contributed by atoms with E-state index in [1.807, 2.05) is 50.4 Å². The Hall–Kier alpha value is -3.96. The van der Waals surface area contributed by atoms with Crippen molar-refractivity contribution in [3.8, 4) is 28.1 Å². The van der Waals surface area contributed by atoms with E-state index in [2.05, 4.69) is 12.1 Å². The molecule has 3 aromatic carbocycles. The van der Waals surface area contributed by atoms with Crippen molar-refractivity contribution < 1.29 is 18.7 Å². The number of aromatic nitrogens is 1. The molecule has 0 saturated carbocycles.